The number of thioether (sulfide) groups is 1. The third-order valence-corrected chi connectivity index (χ3v) is 6.11. The summed E-state index contributed by atoms with van der Waals surface area (Å²) < 4.78 is 2.22. The highest BCUT2D eigenvalue weighted by molar-refractivity contribution is 8.00. The van der Waals surface area contributed by atoms with Crippen LogP contribution in [-0.4, -0.2) is 43.8 Å². The molecule has 3 heterocycles. The Hall–Kier alpha value is -1.77. The van der Waals surface area contributed by atoms with Gasteiger partial charge in [-0.15, -0.1) is 5.10 Å². The molecule has 0 N–H and O–H groups in total. The summed E-state index contributed by atoms with van der Waals surface area (Å²) in [5, 5.41) is 4.25. The minimum Gasteiger partial charge on any atom is -0.297 e. The lowest BCUT2D eigenvalue weighted by Crippen LogP contribution is -2.32. The largest absolute Gasteiger partial charge is 0.297 e. The van der Waals surface area contributed by atoms with Crippen molar-refractivity contribution in [3.05, 3.63) is 51.7 Å². The van der Waals surface area contributed by atoms with Crippen LogP contribution >= 0.6 is 23.1 Å². The van der Waals surface area contributed by atoms with Gasteiger partial charge in [-0.1, -0.05) is 29.2 Å². The molecule has 0 bridgehead atoms. The minimum atomic E-state index is -0.127. The maximum Gasteiger partial charge on any atom is 0.275 e. The van der Waals surface area contributed by atoms with Gasteiger partial charge in [0.1, 0.15) is 0 Å². The van der Waals surface area contributed by atoms with Crippen LogP contribution in [0, 0.1) is 6.92 Å². The van der Waals surface area contributed by atoms with Gasteiger partial charge in [-0.3, -0.25) is 14.7 Å². The van der Waals surface area contributed by atoms with Crippen molar-refractivity contribution in [2.45, 2.75) is 37.2 Å². The van der Waals surface area contributed by atoms with Crippen LogP contribution in [0.25, 0.3) is 4.96 Å². The van der Waals surface area contributed by atoms with Crippen LogP contribution in [0.5, 0.6) is 0 Å². The predicted octanol–water partition coefficient (Wildman–Crippen LogP) is 2.64. The fourth-order valence-corrected chi connectivity index (χ4v) is 3.96. The van der Waals surface area contributed by atoms with Crippen LogP contribution in [0.1, 0.15) is 23.9 Å². The third kappa shape index (κ3) is 4.08. The molecule has 0 unspecified atom stereocenters. The first-order chi connectivity index (χ1) is 12.0. The lowest BCUT2D eigenvalue weighted by atomic mass is 10.1. The number of hydrogen-bond acceptors (Lipinski definition) is 7. The molecule has 0 aromatic carbocycles. The maximum atomic E-state index is 12.2. The molecule has 3 aromatic rings. The number of likely N-dealkylation sites (N-methyl/N-ethyl adjacent to an activating group) is 1. The van der Waals surface area contributed by atoms with Gasteiger partial charge < -0.3 is 0 Å². The molecular weight excluding hydrogens is 354 g/mol. The van der Waals surface area contributed by atoms with Crippen molar-refractivity contribution in [2.75, 3.05) is 13.3 Å². The van der Waals surface area contributed by atoms with Gasteiger partial charge in [-0.2, -0.15) is 4.52 Å². The minimum absolute atomic E-state index is 0.127. The molecular formula is C17H21N5OS2. The van der Waals surface area contributed by atoms with Gasteiger partial charge in [0.15, 0.2) is 4.34 Å². The summed E-state index contributed by atoms with van der Waals surface area (Å²) in [4.78, 5) is 24.2. The molecule has 6 nitrogen and oxygen atoms in total. The molecule has 0 aliphatic heterocycles. The summed E-state index contributed by atoms with van der Waals surface area (Å²) in [5.41, 5.74) is 2.96. The van der Waals surface area contributed by atoms with Crippen molar-refractivity contribution in [1.82, 2.24) is 24.5 Å². The van der Waals surface area contributed by atoms with Crippen molar-refractivity contribution >= 4 is 28.1 Å². The maximum absolute atomic E-state index is 12.2. The molecule has 0 radical (unpaired) electrons. The molecule has 8 heteroatoms. The summed E-state index contributed by atoms with van der Waals surface area (Å²) in [6.45, 7) is 4.86. The molecule has 0 amide bonds. The van der Waals surface area contributed by atoms with Gasteiger partial charge in [0.2, 0.25) is 4.96 Å². The van der Waals surface area contributed by atoms with E-state index < -0.39 is 0 Å². The number of rotatable bonds is 6. The second-order valence-corrected chi connectivity index (χ2v) is 8.10. The summed E-state index contributed by atoms with van der Waals surface area (Å²) in [7, 11) is 2.05. The first kappa shape index (κ1) is 18.0. The van der Waals surface area contributed by atoms with Crippen molar-refractivity contribution in [2.24, 2.45) is 0 Å². The molecule has 25 heavy (non-hydrogen) atoms. The first-order valence-electron chi connectivity index (χ1n) is 8.02. The van der Waals surface area contributed by atoms with Crippen molar-refractivity contribution in [1.29, 1.82) is 0 Å². The van der Waals surface area contributed by atoms with Gasteiger partial charge in [0.05, 0.1) is 5.69 Å². The molecule has 1 atom stereocenters. The first-order valence-corrected chi connectivity index (χ1v) is 10.1. The number of aryl methyl sites for hydroxylation is 1. The molecule has 0 saturated carbocycles. The molecule has 0 aliphatic rings. The normalized spacial score (nSPS) is 12.8. The molecule has 0 fully saturated rings. The Morgan fingerprint density at radius 1 is 1.44 bits per heavy atom. The molecule has 0 aliphatic carbocycles. The van der Waals surface area contributed by atoms with Crippen LogP contribution in [-0.2, 0) is 13.0 Å². The molecule has 132 valence electrons. The highest BCUT2D eigenvalue weighted by Crippen LogP contribution is 2.20. The lowest BCUT2D eigenvalue weighted by molar-refractivity contribution is 0.244. The molecule has 0 saturated heterocycles. The lowest BCUT2D eigenvalue weighted by Gasteiger charge is -2.24. The van der Waals surface area contributed by atoms with Crippen molar-refractivity contribution in [3.8, 4) is 0 Å². The Kier molecular flexibility index (Phi) is 5.51. The smallest absolute Gasteiger partial charge is 0.275 e. The fourth-order valence-electron chi connectivity index (χ4n) is 2.58. The van der Waals surface area contributed by atoms with Crippen LogP contribution in [0.2, 0.25) is 0 Å². The second kappa shape index (κ2) is 7.63. The van der Waals surface area contributed by atoms with E-state index in [1.54, 1.807) is 6.07 Å². The van der Waals surface area contributed by atoms with Crippen LogP contribution in [0.4, 0.5) is 0 Å². The number of aromatic nitrogens is 4. The van der Waals surface area contributed by atoms with Gasteiger partial charge in [-0.25, -0.2) is 4.98 Å². The van der Waals surface area contributed by atoms with E-state index in [1.165, 1.54) is 33.2 Å². The van der Waals surface area contributed by atoms with Crippen LogP contribution in [0.15, 0.2) is 33.5 Å². The van der Waals surface area contributed by atoms with Gasteiger partial charge >= 0.3 is 0 Å². The highest BCUT2D eigenvalue weighted by atomic mass is 32.2. The summed E-state index contributed by atoms with van der Waals surface area (Å²) in [6, 6.07) is 5.90. The van der Waals surface area contributed by atoms with Gasteiger partial charge in [0, 0.05) is 37.0 Å². The monoisotopic (exact) mass is 375 g/mol. The van der Waals surface area contributed by atoms with Crippen molar-refractivity contribution in [3.63, 3.8) is 0 Å². The molecule has 0 spiro atoms. The SMILES string of the molecule is CSc1nn2c(=O)cc(CN(C)[C@H](C)Cc3ncccc3C)nc2s1. The quantitative estimate of drug-likeness (QED) is 0.617. The second-order valence-electron chi connectivity index (χ2n) is 6.09. The van der Waals surface area contributed by atoms with Crippen molar-refractivity contribution < 1.29 is 0 Å². The topological polar surface area (TPSA) is 63.4 Å². The zero-order chi connectivity index (χ0) is 18.0. The van der Waals surface area contributed by atoms with Crippen LogP contribution < -0.4 is 5.56 Å². The van der Waals surface area contributed by atoms with Gasteiger partial charge in [0.25, 0.3) is 5.56 Å². The van der Waals surface area contributed by atoms with E-state index >= 15 is 0 Å². The zero-order valence-electron chi connectivity index (χ0n) is 14.8. The summed E-state index contributed by atoms with van der Waals surface area (Å²) in [6.07, 6.45) is 4.64. The van der Waals surface area contributed by atoms with E-state index in [0.717, 1.165) is 22.1 Å². The van der Waals surface area contributed by atoms with E-state index in [9.17, 15) is 4.79 Å². The number of nitrogens with zero attached hydrogens (tertiary/aromatic N) is 5. The Labute approximate surface area is 154 Å². The Balaban J connectivity index is 1.76. The van der Waals surface area contributed by atoms with Gasteiger partial charge in [-0.05, 0) is 38.8 Å². The Morgan fingerprint density at radius 3 is 2.96 bits per heavy atom. The number of hydrogen-bond donors (Lipinski definition) is 0. The fraction of sp³-hybridized carbons (Fsp3) is 0.412. The third-order valence-electron chi connectivity index (χ3n) is 4.22. The Morgan fingerprint density at radius 2 is 2.24 bits per heavy atom. The molecule has 3 aromatic heterocycles. The standard InChI is InChI=1S/C17H21N5OS2/c1-11-6-5-7-18-14(11)8-12(2)21(3)10-13-9-15(23)22-16(19-13)25-17(20-22)24-4/h5-7,9,12H,8,10H2,1-4H3/t12-/m1/s1. The van der Waals surface area contributed by atoms with E-state index in [4.69, 9.17) is 0 Å². The average molecular weight is 376 g/mol. The van der Waals surface area contributed by atoms with E-state index in [-0.39, 0.29) is 11.6 Å². The summed E-state index contributed by atoms with van der Waals surface area (Å²) >= 11 is 2.96. The summed E-state index contributed by atoms with van der Waals surface area (Å²) in [5.74, 6) is 0. The average Bonchev–Trinajstić information content (AvgIpc) is 3.00. The Bertz CT molecular complexity index is 936. The highest BCUT2D eigenvalue weighted by Gasteiger charge is 2.15. The number of fused-ring (bicyclic) bond motifs is 1. The van der Waals surface area contributed by atoms with E-state index in [2.05, 4.69) is 39.9 Å². The van der Waals surface area contributed by atoms with E-state index in [1.807, 2.05) is 25.6 Å². The number of pyridine rings is 1. The zero-order valence-corrected chi connectivity index (χ0v) is 16.4. The predicted molar refractivity (Wildman–Crippen MR) is 103 cm³/mol. The van der Waals surface area contributed by atoms with E-state index in [0.29, 0.717) is 11.5 Å². The van der Waals surface area contributed by atoms with Crippen LogP contribution in [0.3, 0.4) is 0 Å². The molecule has 3 rings (SSSR count).